The van der Waals surface area contributed by atoms with Gasteiger partial charge in [-0.15, -0.1) is 0 Å². The lowest BCUT2D eigenvalue weighted by atomic mass is 10.1. The predicted molar refractivity (Wildman–Crippen MR) is 68.8 cm³/mol. The summed E-state index contributed by atoms with van der Waals surface area (Å²) in [6.45, 7) is 1.52. The Morgan fingerprint density at radius 2 is 1.94 bits per heavy atom. The van der Waals surface area contributed by atoms with Crippen molar-refractivity contribution in [2.45, 2.75) is 31.7 Å². The number of halogens is 1. The first-order valence-corrected chi connectivity index (χ1v) is 6.48. The van der Waals surface area contributed by atoms with Crippen LogP contribution < -0.4 is 10.6 Å². The molecule has 0 spiro atoms. The number of nitrogens with one attached hydrogen (secondary N) is 2. The standard InChI is InChI=1S/C14H19FN2O/c15-12-4-1-11(2-5-12)3-8-14(18)17-10-9-16-13-6-7-13/h1-2,4-5,13,16H,3,6-10H2,(H,17,18). The van der Waals surface area contributed by atoms with Gasteiger partial charge in [-0.2, -0.15) is 0 Å². The van der Waals surface area contributed by atoms with Gasteiger partial charge < -0.3 is 10.6 Å². The van der Waals surface area contributed by atoms with Gasteiger partial charge in [0, 0.05) is 25.6 Å². The van der Waals surface area contributed by atoms with Crippen LogP contribution in [0.15, 0.2) is 24.3 Å². The molecule has 0 saturated heterocycles. The van der Waals surface area contributed by atoms with Crippen LogP contribution in [-0.2, 0) is 11.2 Å². The molecule has 3 nitrogen and oxygen atoms in total. The van der Waals surface area contributed by atoms with E-state index in [1.165, 1.54) is 25.0 Å². The van der Waals surface area contributed by atoms with Gasteiger partial charge in [0.25, 0.3) is 0 Å². The number of carbonyl (C=O) groups excluding carboxylic acids is 1. The van der Waals surface area contributed by atoms with Crippen molar-refractivity contribution in [2.24, 2.45) is 0 Å². The van der Waals surface area contributed by atoms with Gasteiger partial charge in [0.2, 0.25) is 5.91 Å². The van der Waals surface area contributed by atoms with Gasteiger partial charge in [0.15, 0.2) is 0 Å². The second kappa shape index (κ2) is 6.50. The molecule has 1 amide bonds. The third-order valence-corrected chi connectivity index (χ3v) is 3.01. The van der Waals surface area contributed by atoms with Crippen LogP contribution in [0.2, 0.25) is 0 Å². The van der Waals surface area contributed by atoms with Crippen molar-refractivity contribution < 1.29 is 9.18 Å². The summed E-state index contributed by atoms with van der Waals surface area (Å²) in [6, 6.07) is 6.97. The van der Waals surface area contributed by atoms with Crippen LogP contribution in [0.1, 0.15) is 24.8 Å². The highest BCUT2D eigenvalue weighted by Crippen LogP contribution is 2.17. The first kappa shape index (κ1) is 13.0. The molecule has 0 radical (unpaired) electrons. The smallest absolute Gasteiger partial charge is 0.220 e. The van der Waals surface area contributed by atoms with Crippen LogP contribution in [0.25, 0.3) is 0 Å². The molecular formula is C14H19FN2O. The number of carbonyl (C=O) groups is 1. The normalized spacial score (nSPS) is 14.5. The molecule has 1 aliphatic rings. The van der Waals surface area contributed by atoms with Crippen molar-refractivity contribution in [3.05, 3.63) is 35.6 Å². The van der Waals surface area contributed by atoms with E-state index in [0.29, 0.717) is 25.4 Å². The molecule has 2 N–H and O–H groups in total. The Labute approximate surface area is 107 Å². The Morgan fingerprint density at radius 1 is 1.22 bits per heavy atom. The van der Waals surface area contributed by atoms with Crippen LogP contribution in [0.3, 0.4) is 0 Å². The average molecular weight is 250 g/mol. The van der Waals surface area contributed by atoms with Crippen molar-refractivity contribution in [2.75, 3.05) is 13.1 Å². The molecule has 98 valence electrons. The number of amides is 1. The fourth-order valence-corrected chi connectivity index (χ4v) is 1.76. The molecule has 1 saturated carbocycles. The van der Waals surface area contributed by atoms with Crippen molar-refractivity contribution in [3.63, 3.8) is 0 Å². The summed E-state index contributed by atoms with van der Waals surface area (Å²) in [5.41, 5.74) is 0.989. The monoisotopic (exact) mass is 250 g/mol. The van der Waals surface area contributed by atoms with E-state index in [1.54, 1.807) is 12.1 Å². The highest BCUT2D eigenvalue weighted by molar-refractivity contribution is 5.76. The molecule has 0 heterocycles. The van der Waals surface area contributed by atoms with Crippen molar-refractivity contribution in [1.29, 1.82) is 0 Å². The molecule has 0 aromatic heterocycles. The molecule has 2 rings (SSSR count). The predicted octanol–water partition coefficient (Wildman–Crippen LogP) is 1.63. The maximum Gasteiger partial charge on any atom is 0.220 e. The molecule has 18 heavy (non-hydrogen) atoms. The summed E-state index contributed by atoms with van der Waals surface area (Å²) in [5.74, 6) is -0.189. The Balaban J connectivity index is 1.57. The third-order valence-electron chi connectivity index (χ3n) is 3.01. The molecule has 0 atom stereocenters. The second-order valence-electron chi connectivity index (χ2n) is 4.70. The molecule has 1 fully saturated rings. The van der Waals surface area contributed by atoms with E-state index in [0.717, 1.165) is 12.1 Å². The van der Waals surface area contributed by atoms with Gasteiger partial charge in [-0.05, 0) is 37.0 Å². The summed E-state index contributed by atoms with van der Waals surface area (Å²) in [5, 5.41) is 6.21. The number of rotatable bonds is 7. The third kappa shape index (κ3) is 4.84. The maximum absolute atomic E-state index is 12.7. The first-order valence-electron chi connectivity index (χ1n) is 6.48. The maximum atomic E-state index is 12.7. The fourth-order valence-electron chi connectivity index (χ4n) is 1.76. The zero-order valence-corrected chi connectivity index (χ0v) is 10.4. The van der Waals surface area contributed by atoms with E-state index in [2.05, 4.69) is 10.6 Å². The highest BCUT2D eigenvalue weighted by atomic mass is 19.1. The van der Waals surface area contributed by atoms with Crippen molar-refractivity contribution >= 4 is 5.91 Å². The van der Waals surface area contributed by atoms with E-state index >= 15 is 0 Å². The largest absolute Gasteiger partial charge is 0.355 e. The minimum absolute atomic E-state index is 0.0527. The molecule has 0 bridgehead atoms. The molecule has 0 aliphatic heterocycles. The lowest BCUT2D eigenvalue weighted by molar-refractivity contribution is -0.121. The zero-order chi connectivity index (χ0) is 12.8. The molecule has 1 aromatic carbocycles. The second-order valence-corrected chi connectivity index (χ2v) is 4.70. The lowest BCUT2D eigenvalue weighted by Gasteiger charge is -2.06. The van der Waals surface area contributed by atoms with Crippen LogP contribution >= 0.6 is 0 Å². The molecule has 0 unspecified atom stereocenters. The van der Waals surface area contributed by atoms with E-state index in [-0.39, 0.29) is 11.7 Å². The summed E-state index contributed by atoms with van der Waals surface area (Å²) in [7, 11) is 0. The molecule has 4 heteroatoms. The van der Waals surface area contributed by atoms with Gasteiger partial charge in [-0.3, -0.25) is 4.79 Å². The quantitative estimate of drug-likeness (QED) is 0.722. The number of benzene rings is 1. The van der Waals surface area contributed by atoms with Crippen LogP contribution in [0, 0.1) is 5.82 Å². The van der Waals surface area contributed by atoms with Crippen molar-refractivity contribution in [1.82, 2.24) is 10.6 Å². The van der Waals surface area contributed by atoms with Gasteiger partial charge in [-0.25, -0.2) is 4.39 Å². The molecular weight excluding hydrogens is 231 g/mol. The zero-order valence-electron chi connectivity index (χ0n) is 10.4. The number of hydrogen-bond acceptors (Lipinski definition) is 2. The van der Waals surface area contributed by atoms with Gasteiger partial charge in [0.05, 0.1) is 0 Å². The van der Waals surface area contributed by atoms with Crippen LogP contribution in [0.4, 0.5) is 4.39 Å². The van der Waals surface area contributed by atoms with E-state index in [4.69, 9.17) is 0 Å². The van der Waals surface area contributed by atoms with Crippen LogP contribution in [-0.4, -0.2) is 25.0 Å². The van der Waals surface area contributed by atoms with Gasteiger partial charge in [0.1, 0.15) is 5.82 Å². The number of aryl methyl sites for hydroxylation is 1. The Kier molecular flexibility index (Phi) is 4.70. The van der Waals surface area contributed by atoms with Gasteiger partial charge in [-0.1, -0.05) is 12.1 Å². The number of hydrogen-bond donors (Lipinski definition) is 2. The summed E-state index contributed by atoms with van der Waals surface area (Å²) in [6.07, 6.45) is 3.63. The highest BCUT2D eigenvalue weighted by Gasteiger charge is 2.19. The van der Waals surface area contributed by atoms with E-state index < -0.39 is 0 Å². The SMILES string of the molecule is O=C(CCc1ccc(F)cc1)NCCNC1CC1. The summed E-state index contributed by atoms with van der Waals surface area (Å²) in [4.78, 5) is 11.5. The average Bonchev–Trinajstić information content (AvgIpc) is 3.18. The van der Waals surface area contributed by atoms with Crippen molar-refractivity contribution in [3.8, 4) is 0 Å². The summed E-state index contributed by atoms with van der Waals surface area (Å²) < 4.78 is 12.7. The Hall–Kier alpha value is -1.42. The fraction of sp³-hybridized carbons (Fsp3) is 0.500. The Morgan fingerprint density at radius 3 is 2.61 bits per heavy atom. The minimum atomic E-state index is -0.241. The topological polar surface area (TPSA) is 41.1 Å². The molecule has 1 aromatic rings. The summed E-state index contributed by atoms with van der Waals surface area (Å²) >= 11 is 0. The lowest BCUT2D eigenvalue weighted by Crippen LogP contribution is -2.32. The first-order chi connectivity index (χ1) is 8.74. The van der Waals surface area contributed by atoms with Gasteiger partial charge >= 0.3 is 0 Å². The van der Waals surface area contributed by atoms with E-state index in [9.17, 15) is 9.18 Å². The van der Waals surface area contributed by atoms with E-state index in [1.807, 2.05) is 0 Å². The molecule has 1 aliphatic carbocycles. The Bertz CT molecular complexity index is 387. The van der Waals surface area contributed by atoms with Crippen LogP contribution in [0.5, 0.6) is 0 Å². The minimum Gasteiger partial charge on any atom is -0.355 e.